The third kappa shape index (κ3) is 3.81. The van der Waals surface area contributed by atoms with E-state index in [0.717, 1.165) is 5.76 Å². The zero-order valence-electron chi connectivity index (χ0n) is 9.77. The Morgan fingerprint density at radius 2 is 1.77 bits per heavy atom. The minimum atomic E-state index is -1.66. The van der Waals surface area contributed by atoms with Crippen molar-refractivity contribution in [3.63, 3.8) is 0 Å². The van der Waals surface area contributed by atoms with Crippen LogP contribution in [-0.4, -0.2) is 8.32 Å². The van der Waals surface area contributed by atoms with E-state index in [2.05, 4.69) is 40.4 Å². The van der Waals surface area contributed by atoms with E-state index in [1.807, 2.05) is 19.1 Å². The van der Waals surface area contributed by atoms with E-state index in [-0.39, 0.29) is 5.04 Å². The number of hydrogen-bond donors (Lipinski definition) is 0. The van der Waals surface area contributed by atoms with E-state index in [1.54, 1.807) is 0 Å². The molecule has 0 saturated heterocycles. The summed E-state index contributed by atoms with van der Waals surface area (Å²) in [5, 5.41) is 0.248. The van der Waals surface area contributed by atoms with Gasteiger partial charge in [-0.15, -0.1) is 0 Å². The summed E-state index contributed by atoms with van der Waals surface area (Å²) in [4.78, 5) is 0. The molecule has 0 aromatic rings. The van der Waals surface area contributed by atoms with Gasteiger partial charge in [-0.05, 0) is 31.1 Å². The standard InChI is InChI=1S/C11H22OSi/c1-8-9-10(2)12-13(6,7)11(3,4)5/h8-9H,2H2,1,3-7H3/b9-8+. The van der Waals surface area contributed by atoms with Crippen LogP contribution in [-0.2, 0) is 4.43 Å². The molecule has 0 aliphatic carbocycles. The second kappa shape index (κ2) is 4.14. The summed E-state index contributed by atoms with van der Waals surface area (Å²) in [6, 6.07) is 0. The fourth-order valence-electron chi connectivity index (χ4n) is 0.701. The average Bonchev–Trinajstić information content (AvgIpc) is 1.83. The molecule has 13 heavy (non-hydrogen) atoms. The van der Waals surface area contributed by atoms with Crippen LogP contribution in [0.25, 0.3) is 0 Å². The number of hydrogen-bond acceptors (Lipinski definition) is 1. The minimum Gasteiger partial charge on any atom is -0.544 e. The molecule has 0 bridgehead atoms. The molecule has 0 rings (SSSR count). The van der Waals surface area contributed by atoms with Crippen molar-refractivity contribution in [1.29, 1.82) is 0 Å². The van der Waals surface area contributed by atoms with Gasteiger partial charge in [0, 0.05) is 0 Å². The highest BCUT2D eigenvalue weighted by atomic mass is 28.4. The maximum absolute atomic E-state index is 5.90. The first-order chi connectivity index (χ1) is 5.70. The Morgan fingerprint density at radius 3 is 2.08 bits per heavy atom. The number of rotatable bonds is 3. The van der Waals surface area contributed by atoms with Gasteiger partial charge >= 0.3 is 0 Å². The maximum atomic E-state index is 5.90. The first kappa shape index (κ1) is 12.5. The Bertz CT molecular complexity index is 209. The molecule has 0 atom stereocenters. The molecular formula is C11H22OSi. The third-order valence-electron chi connectivity index (χ3n) is 2.54. The fraction of sp³-hybridized carbons (Fsp3) is 0.636. The van der Waals surface area contributed by atoms with E-state index < -0.39 is 8.32 Å². The Morgan fingerprint density at radius 1 is 1.31 bits per heavy atom. The van der Waals surface area contributed by atoms with Gasteiger partial charge in [0.15, 0.2) is 0 Å². The molecule has 0 aromatic heterocycles. The van der Waals surface area contributed by atoms with Crippen LogP contribution in [0.4, 0.5) is 0 Å². The predicted molar refractivity (Wildman–Crippen MR) is 62.2 cm³/mol. The van der Waals surface area contributed by atoms with Gasteiger partial charge in [-0.25, -0.2) is 0 Å². The van der Waals surface area contributed by atoms with E-state index in [0.29, 0.717) is 0 Å². The van der Waals surface area contributed by atoms with Crippen LogP contribution in [0, 0.1) is 0 Å². The zero-order valence-corrected chi connectivity index (χ0v) is 10.8. The van der Waals surface area contributed by atoms with Crippen LogP contribution in [0.2, 0.25) is 18.1 Å². The van der Waals surface area contributed by atoms with Crippen molar-refractivity contribution in [2.75, 3.05) is 0 Å². The van der Waals surface area contributed by atoms with Gasteiger partial charge in [0.2, 0.25) is 8.32 Å². The van der Waals surface area contributed by atoms with Crippen molar-refractivity contribution in [3.05, 3.63) is 24.5 Å². The topological polar surface area (TPSA) is 9.23 Å². The molecule has 1 nitrogen and oxygen atoms in total. The average molecular weight is 198 g/mol. The lowest BCUT2D eigenvalue weighted by molar-refractivity contribution is 0.402. The highest BCUT2D eigenvalue weighted by molar-refractivity contribution is 6.74. The quantitative estimate of drug-likeness (QED) is 0.377. The van der Waals surface area contributed by atoms with Gasteiger partial charge in [-0.3, -0.25) is 0 Å². The molecule has 0 spiro atoms. The van der Waals surface area contributed by atoms with E-state index in [1.165, 1.54) is 0 Å². The molecule has 0 aromatic carbocycles. The zero-order chi connectivity index (χ0) is 10.7. The van der Waals surface area contributed by atoms with Gasteiger partial charge in [0.05, 0.1) is 5.76 Å². The van der Waals surface area contributed by atoms with E-state index in [9.17, 15) is 0 Å². The van der Waals surface area contributed by atoms with Gasteiger partial charge in [-0.1, -0.05) is 33.4 Å². The Kier molecular flexibility index (Phi) is 3.98. The van der Waals surface area contributed by atoms with Gasteiger partial charge < -0.3 is 4.43 Å². The number of allylic oxidation sites excluding steroid dienone is 2. The van der Waals surface area contributed by atoms with Crippen molar-refractivity contribution >= 4 is 8.32 Å². The molecule has 76 valence electrons. The van der Waals surface area contributed by atoms with Crippen molar-refractivity contribution in [1.82, 2.24) is 0 Å². The molecular weight excluding hydrogens is 176 g/mol. The van der Waals surface area contributed by atoms with Crippen molar-refractivity contribution in [3.8, 4) is 0 Å². The van der Waals surface area contributed by atoms with Crippen LogP contribution < -0.4 is 0 Å². The second-order valence-corrected chi connectivity index (χ2v) is 9.55. The van der Waals surface area contributed by atoms with Crippen molar-refractivity contribution in [2.24, 2.45) is 0 Å². The third-order valence-corrected chi connectivity index (χ3v) is 6.93. The molecule has 0 heterocycles. The molecule has 0 N–H and O–H groups in total. The van der Waals surface area contributed by atoms with E-state index in [4.69, 9.17) is 4.43 Å². The fourth-order valence-corrected chi connectivity index (χ4v) is 1.73. The van der Waals surface area contributed by atoms with Crippen LogP contribution in [0.1, 0.15) is 27.7 Å². The van der Waals surface area contributed by atoms with Crippen LogP contribution in [0.3, 0.4) is 0 Å². The molecule has 0 unspecified atom stereocenters. The van der Waals surface area contributed by atoms with Crippen LogP contribution in [0.5, 0.6) is 0 Å². The smallest absolute Gasteiger partial charge is 0.250 e. The van der Waals surface area contributed by atoms with Crippen molar-refractivity contribution in [2.45, 2.75) is 45.8 Å². The second-order valence-electron chi connectivity index (χ2n) is 4.83. The summed E-state index contributed by atoms with van der Waals surface area (Å²) in [5.41, 5.74) is 0. The summed E-state index contributed by atoms with van der Waals surface area (Å²) in [5.74, 6) is 0.786. The minimum absolute atomic E-state index is 0.248. The van der Waals surface area contributed by atoms with Crippen molar-refractivity contribution < 1.29 is 4.43 Å². The van der Waals surface area contributed by atoms with Gasteiger partial charge in [0.1, 0.15) is 0 Å². The normalized spacial score (nSPS) is 13.4. The summed E-state index contributed by atoms with van der Waals surface area (Å²) >= 11 is 0. The predicted octanol–water partition coefficient (Wildman–Crippen LogP) is 4.10. The molecule has 0 aliphatic rings. The summed E-state index contributed by atoms with van der Waals surface area (Å²) in [7, 11) is -1.66. The molecule has 2 heteroatoms. The SMILES string of the molecule is C=C(/C=C/C)O[Si](C)(C)C(C)(C)C. The Hall–Kier alpha value is -0.503. The largest absolute Gasteiger partial charge is 0.544 e. The Labute approximate surface area is 83.6 Å². The van der Waals surface area contributed by atoms with Crippen LogP contribution >= 0.6 is 0 Å². The molecule has 0 radical (unpaired) electrons. The summed E-state index contributed by atoms with van der Waals surface area (Å²) in [6.07, 6.45) is 3.87. The lowest BCUT2D eigenvalue weighted by Crippen LogP contribution is -2.40. The summed E-state index contributed by atoms with van der Waals surface area (Å²) < 4.78 is 5.90. The lowest BCUT2D eigenvalue weighted by Gasteiger charge is -2.36. The summed E-state index contributed by atoms with van der Waals surface area (Å²) in [6.45, 7) is 17.0. The first-order valence-corrected chi connectivity index (χ1v) is 7.62. The first-order valence-electron chi connectivity index (χ1n) is 4.71. The highest BCUT2D eigenvalue weighted by Gasteiger charge is 2.38. The lowest BCUT2D eigenvalue weighted by atomic mass is 10.2. The van der Waals surface area contributed by atoms with Gasteiger partial charge in [-0.2, -0.15) is 0 Å². The molecule has 0 fully saturated rings. The van der Waals surface area contributed by atoms with Gasteiger partial charge in [0.25, 0.3) is 0 Å². The monoisotopic (exact) mass is 198 g/mol. The Balaban J connectivity index is 4.43. The molecule has 0 saturated carbocycles. The maximum Gasteiger partial charge on any atom is 0.250 e. The molecule has 0 amide bonds. The van der Waals surface area contributed by atoms with Crippen LogP contribution in [0.15, 0.2) is 24.5 Å². The highest BCUT2D eigenvalue weighted by Crippen LogP contribution is 2.37. The molecule has 0 aliphatic heterocycles. The van der Waals surface area contributed by atoms with E-state index >= 15 is 0 Å².